The van der Waals surface area contributed by atoms with E-state index in [0.717, 1.165) is 12.8 Å². The second-order valence-electron chi connectivity index (χ2n) is 5.86. The highest BCUT2D eigenvalue weighted by molar-refractivity contribution is 7.80. The summed E-state index contributed by atoms with van der Waals surface area (Å²) in [5.74, 6) is 2.32. The van der Waals surface area contributed by atoms with E-state index in [-0.39, 0.29) is 17.9 Å². The number of hydrogen-bond acceptors (Lipinski definition) is 2. The number of amides is 1. The van der Waals surface area contributed by atoms with E-state index < -0.39 is 0 Å². The highest BCUT2D eigenvalue weighted by Gasteiger charge is 2.55. The van der Waals surface area contributed by atoms with Crippen LogP contribution in [0.25, 0.3) is 0 Å². The van der Waals surface area contributed by atoms with Crippen LogP contribution >= 0.6 is 12.2 Å². The number of rotatable bonds is 4. The van der Waals surface area contributed by atoms with Gasteiger partial charge in [0.05, 0.1) is 11.0 Å². The van der Waals surface area contributed by atoms with Gasteiger partial charge in [0.2, 0.25) is 5.91 Å². The van der Waals surface area contributed by atoms with Crippen molar-refractivity contribution in [3.63, 3.8) is 0 Å². The lowest BCUT2D eigenvalue weighted by Crippen LogP contribution is -2.45. The van der Waals surface area contributed by atoms with Crippen LogP contribution in [-0.4, -0.2) is 16.9 Å². The highest BCUT2D eigenvalue weighted by Crippen LogP contribution is 2.55. The van der Waals surface area contributed by atoms with Crippen LogP contribution in [0.1, 0.15) is 38.5 Å². The van der Waals surface area contributed by atoms with E-state index in [0.29, 0.717) is 22.7 Å². The first kappa shape index (κ1) is 11.5. The Kier molecular flexibility index (Phi) is 2.85. The first-order chi connectivity index (χ1) is 8.18. The Hall–Kier alpha value is -0.640. The molecule has 94 valence electrons. The molecule has 3 fully saturated rings. The van der Waals surface area contributed by atoms with Crippen LogP contribution in [0.4, 0.5) is 0 Å². The lowest BCUT2D eigenvalue weighted by Gasteiger charge is -2.16. The van der Waals surface area contributed by atoms with Crippen molar-refractivity contribution in [1.29, 1.82) is 0 Å². The standard InChI is InChI=1S/C13H20N2OS/c14-12(17)11(7-5-6-7)15-13(16)10-8-3-1-2-4-9(8)10/h7-11H,1-6H2,(H2,14,17)(H,15,16). The van der Waals surface area contributed by atoms with Gasteiger partial charge in [0.1, 0.15) is 0 Å². The summed E-state index contributed by atoms with van der Waals surface area (Å²) in [6.45, 7) is 0. The normalized spacial score (nSPS) is 36.8. The number of thiocarbonyl (C=S) groups is 1. The van der Waals surface area contributed by atoms with Crippen LogP contribution in [-0.2, 0) is 4.79 Å². The Morgan fingerprint density at radius 3 is 2.24 bits per heavy atom. The molecule has 0 aromatic rings. The van der Waals surface area contributed by atoms with Crippen LogP contribution < -0.4 is 11.1 Å². The van der Waals surface area contributed by atoms with Gasteiger partial charge >= 0.3 is 0 Å². The van der Waals surface area contributed by atoms with Gasteiger partial charge in [-0.1, -0.05) is 25.1 Å². The van der Waals surface area contributed by atoms with E-state index in [9.17, 15) is 4.79 Å². The van der Waals surface area contributed by atoms with Crippen molar-refractivity contribution in [2.24, 2.45) is 29.4 Å². The fourth-order valence-corrected chi connectivity index (χ4v) is 3.73. The van der Waals surface area contributed by atoms with Crippen molar-refractivity contribution in [2.45, 2.75) is 44.6 Å². The molecule has 3 N–H and O–H groups in total. The van der Waals surface area contributed by atoms with Gasteiger partial charge in [-0.05, 0) is 43.4 Å². The van der Waals surface area contributed by atoms with Crippen LogP contribution in [0.2, 0.25) is 0 Å². The number of hydrogen-bond donors (Lipinski definition) is 2. The van der Waals surface area contributed by atoms with Gasteiger partial charge in [0.15, 0.2) is 0 Å². The monoisotopic (exact) mass is 252 g/mol. The summed E-state index contributed by atoms with van der Waals surface area (Å²) >= 11 is 5.05. The summed E-state index contributed by atoms with van der Waals surface area (Å²) in [7, 11) is 0. The summed E-state index contributed by atoms with van der Waals surface area (Å²) in [6.07, 6.45) is 7.38. The molecule has 0 radical (unpaired) electrons. The average molecular weight is 252 g/mol. The molecule has 0 saturated heterocycles. The predicted octanol–water partition coefficient (Wildman–Crippen LogP) is 1.60. The molecule has 0 aromatic carbocycles. The summed E-state index contributed by atoms with van der Waals surface area (Å²) in [6, 6.07) is -0.0415. The Labute approximate surface area is 108 Å². The van der Waals surface area contributed by atoms with Gasteiger partial charge in [-0.3, -0.25) is 4.79 Å². The second-order valence-corrected chi connectivity index (χ2v) is 6.34. The van der Waals surface area contributed by atoms with Crippen molar-refractivity contribution >= 4 is 23.1 Å². The largest absolute Gasteiger partial charge is 0.392 e. The van der Waals surface area contributed by atoms with Crippen molar-refractivity contribution in [2.75, 3.05) is 0 Å². The summed E-state index contributed by atoms with van der Waals surface area (Å²) in [4.78, 5) is 12.7. The number of nitrogens with two attached hydrogens (primary N) is 1. The van der Waals surface area contributed by atoms with E-state index in [1.165, 1.54) is 25.7 Å². The fourth-order valence-electron chi connectivity index (χ4n) is 3.48. The fraction of sp³-hybridized carbons (Fsp3) is 0.846. The van der Waals surface area contributed by atoms with Crippen LogP contribution in [0.15, 0.2) is 0 Å². The van der Waals surface area contributed by atoms with Crippen molar-refractivity contribution in [1.82, 2.24) is 5.32 Å². The Morgan fingerprint density at radius 1 is 1.18 bits per heavy atom. The molecule has 3 nitrogen and oxygen atoms in total. The predicted molar refractivity (Wildman–Crippen MR) is 70.4 cm³/mol. The van der Waals surface area contributed by atoms with E-state index in [1.54, 1.807) is 0 Å². The third kappa shape index (κ3) is 2.19. The van der Waals surface area contributed by atoms with E-state index in [2.05, 4.69) is 5.32 Å². The molecule has 3 atom stereocenters. The van der Waals surface area contributed by atoms with Crippen LogP contribution in [0, 0.1) is 23.7 Å². The molecule has 3 unspecified atom stereocenters. The maximum absolute atomic E-state index is 12.2. The Balaban J connectivity index is 1.58. The second kappa shape index (κ2) is 4.23. The highest BCUT2D eigenvalue weighted by atomic mass is 32.1. The van der Waals surface area contributed by atoms with Crippen LogP contribution in [0.5, 0.6) is 0 Å². The first-order valence-electron chi connectivity index (χ1n) is 6.78. The third-order valence-electron chi connectivity index (χ3n) is 4.66. The zero-order valence-corrected chi connectivity index (χ0v) is 10.8. The molecule has 4 heteroatoms. The maximum Gasteiger partial charge on any atom is 0.224 e. The van der Waals surface area contributed by atoms with Gasteiger partial charge in [-0.2, -0.15) is 0 Å². The zero-order valence-electron chi connectivity index (χ0n) is 10.0. The quantitative estimate of drug-likeness (QED) is 0.747. The first-order valence-corrected chi connectivity index (χ1v) is 7.19. The van der Waals surface area contributed by atoms with Crippen molar-refractivity contribution < 1.29 is 4.79 Å². The summed E-state index contributed by atoms with van der Waals surface area (Å²) < 4.78 is 0. The van der Waals surface area contributed by atoms with E-state index >= 15 is 0 Å². The SMILES string of the molecule is NC(=S)C(NC(=O)C1C2CCCCC21)C1CC1. The van der Waals surface area contributed by atoms with Gasteiger partial charge < -0.3 is 11.1 Å². The van der Waals surface area contributed by atoms with Gasteiger partial charge in [-0.25, -0.2) is 0 Å². The molecule has 17 heavy (non-hydrogen) atoms. The minimum Gasteiger partial charge on any atom is -0.392 e. The molecule has 3 aliphatic carbocycles. The number of carbonyl (C=O) groups is 1. The average Bonchev–Trinajstić information content (AvgIpc) is 3.18. The lowest BCUT2D eigenvalue weighted by atomic mass is 10.0. The van der Waals surface area contributed by atoms with E-state index in [4.69, 9.17) is 18.0 Å². The molecule has 3 rings (SSSR count). The van der Waals surface area contributed by atoms with Gasteiger partial charge in [0.25, 0.3) is 0 Å². The molecule has 1 amide bonds. The lowest BCUT2D eigenvalue weighted by molar-refractivity contribution is -0.123. The Morgan fingerprint density at radius 2 is 1.76 bits per heavy atom. The molecule has 3 saturated carbocycles. The summed E-state index contributed by atoms with van der Waals surface area (Å²) in [5.41, 5.74) is 5.71. The Bertz CT molecular complexity index is 341. The minimum absolute atomic E-state index is 0.0415. The minimum atomic E-state index is -0.0415. The van der Waals surface area contributed by atoms with Gasteiger partial charge in [-0.15, -0.1) is 0 Å². The smallest absolute Gasteiger partial charge is 0.224 e. The van der Waals surface area contributed by atoms with Gasteiger partial charge in [0, 0.05) is 5.92 Å². The summed E-state index contributed by atoms with van der Waals surface area (Å²) in [5, 5.41) is 3.09. The molecule has 0 aromatic heterocycles. The number of nitrogens with one attached hydrogen (secondary N) is 1. The maximum atomic E-state index is 12.2. The number of fused-ring (bicyclic) bond motifs is 1. The van der Waals surface area contributed by atoms with Crippen molar-refractivity contribution in [3.05, 3.63) is 0 Å². The molecular formula is C13H20N2OS. The number of carbonyl (C=O) groups excluding carboxylic acids is 1. The molecule has 0 aliphatic heterocycles. The molecule has 0 bridgehead atoms. The zero-order chi connectivity index (χ0) is 12.0. The molecule has 0 spiro atoms. The third-order valence-corrected chi connectivity index (χ3v) is 4.91. The molecule has 0 heterocycles. The topological polar surface area (TPSA) is 55.1 Å². The molecule has 3 aliphatic rings. The molecular weight excluding hydrogens is 232 g/mol. The van der Waals surface area contributed by atoms with Crippen LogP contribution in [0.3, 0.4) is 0 Å². The van der Waals surface area contributed by atoms with E-state index in [1.807, 2.05) is 0 Å². The van der Waals surface area contributed by atoms with Crippen molar-refractivity contribution in [3.8, 4) is 0 Å².